The SMILES string of the molecule is CCCCCCCC(=O)OC(COC(=O)CCC)COC(=O)CCC. The van der Waals surface area contributed by atoms with Crippen LogP contribution >= 0.6 is 0 Å². The molecule has 0 spiro atoms. The molecule has 0 saturated heterocycles. The number of unbranched alkanes of at least 4 members (excludes halogenated alkanes) is 4. The van der Waals surface area contributed by atoms with Gasteiger partial charge in [-0.15, -0.1) is 0 Å². The highest BCUT2D eigenvalue weighted by atomic mass is 16.6. The maximum absolute atomic E-state index is 11.9. The van der Waals surface area contributed by atoms with Crippen molar-refractivity contribution in [1.82, 2.24) is 0 Å². The zero-order valence-corrected chi connectivity index (χ0v) is 16.0. The molecule has 6 nitrogen and oxygen atoms in total. The largest absolute Gasteiger partial charge is 0.462 e. The van der Waals surface area contributed by atoms with Gasteiger partial charge in [-0.25, -0.2) is 0 Å². The Morgan fingerprint density at radius 3 is 1.64 bits per heavy atom. The smallest absolute Gasteiger partial charge is 0.306 e. The van der Waals surface area contributed by atoms with Gasteiger partial charge in [0.1, 0.15) is 13.2 Å². The highest BCUT2D eigenvalue weighted by Gasteiger charge is 2.19. The lowest BCUT2D eigenvalue weighted by Crippen LogP contribution is -2.30. The van der Waals surface area contributed by atoms with Crippen LogP contribution in [-0.4, -0.2) is 37.2 Å². The summed E-state index contributed by atoms with van der Waals surface area (Å²) in [5, 5.41) is 0. The molecule has 6 heteroatoms. The second-order valence-corrected chi connectivity index (χ2v) is 6.14. The summed E-state index contributed by atoms with van der Waals surface area (Å²) in [7, 11) is 0. The van der Waals surface area contributed by atoms with Crippen LogP contribution in [0.1, 0.15) is 85.0 Å². The molecule has 0 N–H and O–H groups in total. The summed E-state index contributed by atoms with van der Waals surface area (Å²) in [5.41, 5.74) is 0. The van der Waals surface area contributed by atoms with E-state index in [2.05, 4.69) is 6.92 Å². The number of esters is 3. The topological polar surface area (TPSA) is 78.9 Å². The molecule has 0 aliphatic carbocycles. The van der Waals surface area contributed by atoms with E-state index in [9.17, 15) is 14.4 Å². The second kappa shape index (κ2) is 15.9. The lowest BCUT2D eigenvalue weighted by atomic mass is 10.1. The molecule has 0 unspecified atom stereocenters. The minimum atomic E-state index is -0.746. The molecule has 0 aromatic heterocycles. The quantitative estimate of drug-likeness (QED) is 0.251. The number of ether oxygens (including phenoxy) is 3. The fourth-order valence-corrected chi connectivity index (χ4v) is 2.16. The normalized spacial score (nSPS) is 10.6. The Bertz CT molecular complexity index is 358. The third kappa shape index (κ3) is 14.5. The first-order valence-corrected chi connectivity index (χ1v) is 9.54. The second-order valence-electron chi connectivity index (χ2n) is 6.14. The molecule has 0 bridgehead atoms. The fourth-order valence-electron chi connectivity index (χ4n) is 2.16. The molecule has 0 heterocycles. The van der Waals surface area contributed by atoms with Crippen molar-refractivity contribution in [2.75, 3.05) is 13.2 Å². The Balaban J connectivity index is 4.27. The molecule has 25 heavy (non-hydrogen) atoms. The Morgan fingerprint density at radius 1 is 0.640 bits per heavy atom. The molecule has 0 fully saturated rings. The van der Waals surface area contributed by atoms with Crippen molar-refractivity contribution < 1.29 is 28.6 Å². The van der Waals surface area contributed by atoms with Gasteiger partial charge in [-0.1, -0.05) is 46.5 Å². The first kappa shape index (κ1) is 23.4. The summed E-state index contributed by atoms with van der Waals surface area (Å²) in [4.78, 5) is 34.9. The molecule has 0 aromatic rings. The monoisotopic (exact) mass is 358 g/mol. The number of hydrogen-bond acceptors (Lipinski definition) is 6. The van der Waals surface area contributed by atoms with E-state index in [0.717, 1.165) is 25.7 Å². The summed E-state index contributed by atoms with van der Waals surface area (Å²) >= 11 is 0. The van der Waals surface area contributed by atoms with E-state index in [1.165, 1.54) is 6.42 Å². The maximum Gasteiger partial charge on any atom is 0.306 e. The standard InChI is InChI=1S/C19H34O6/c1-4-7-8-9-10-13-19(22)25-16(14-23-17(20)11-5-2)15-24-18(21)12-6-3/h16H,4-15H2,1-3H3. The maximum atomic E-state index is 11.9. The van der Waals surface area contributed by atoms with Crippen LogP contribution < -0.4 is 0 Å². The van der Waals surface area contributed by atoms with Gasteiger partial charge in [0.15, 0.2) is 6.10 Å². The van der Waals surface area contributed by atoms with E-state index in [4.69, 9.17) is 14.2 Å². The van der Waals surface area contributed by atoms with E-state index in [0.29, 0.717) is 32.1 Å². The molecule has 0 saturated carbocycles. The minimum absolute atomic E-state index is 0.0835. The van der Waals surface area contributed by atoms with Crippen molar-refractivity contribution in [2.24, 2.45) is 0 Å². The first-order valence-electron chi connectivity index (χ1n) is 9.54. The van der Waals surface area contributed by atoms with Gasteiger partial charge in [-0.05, 0) is 19.3 Å². The van der Waals surface area contributed by atoms with Crippen LogP contribution in [0.25, 0.3) is 0 Å². The van der Waals surface area contributed by atoms with Crippen molar-refractivity contribution in [3.63, 3.8) is 0 Å². The molecule has 0 radical (unpaired) electrons. The highest BCUT2D eigenvalue weighted by molar-refractivity contribution is 5.71. The van der Waals surface area contributed by atoms with Gasteiger partial charge in [0.2, 0.25) is 0 Å². The fraction of sp³-hybridized carbons (Fsp3) is 0.842. The van der Waals surface area contributed by atoms with Crippen LogP contribution in [0.3, 0.4) is 0 Å². The predicted octanol–water partition coefficient (Wildman–Crippen LogP) is 3.95. The molecule has 146 valence electrons. The van der Waals surface area contributed by atoms with Gasteiger partial charge in [-0.2, -0.15) is 0 Å². The van der Waals surface area contributed by atoms with Crippen LogP contribution in [0.5, 0.6) is 0 Å². The van der Waals surface area contributed by atoms with Crippen molar-refractivity contribution in [1.29, 1.82) is 0 Å². The zero-order valence-electron chi connectivity index (χ0n) is 16.0. The first-order chi connectivity index (χ1) is 12.0. The summed E-state index contributed by atoms with van der Waals surface area (Å²) in [6.07, 6.45) is 6.77. The lowest BCUT2D eigenvalue weighted by molar-refractivity contribution is -0.166. The van der Waals surface area contributed by atoms with E-state index >= 15 is 0 Å². The Kier molecular flexibility index (Phi) is 14.9. The van der Waals surface area contributed by atoms with Crippen LogP contribution in [0.4, 0.5) is 0 Å². The van der Waals surface area contributed by atoms with Gasteiger partial charge in [0.25, 0.3) is 0 Å². The van der Waals surface area contributed by atoms with E-state index < -0.39 is 6.10 Å². The van der Waals surface area contributed by atoms with Gasteiger partial charge in [0.05, 0.1) is 0 Å². The molecular weight excluding hydrogens is 324 g/mol. The zero-order chi connectivity index (χ0) is 18.9. The van der Waals surface area contributed by atoms with Crippen molar-refractivity contribution >= 4 is 17.9 Å². The molecule has 0 atom stereocenters. The third-order valence-corrected chi connectivity index (χ3v) is 3.55. The third-order valence-electron chi connectivity index (χ3n) is 3.55. The summed E-state index contributed by atoms with van der Waals surface area (Å²) < 4.78 is 15.5. The van der Waals surface area contributed by atoms with Crippen LogP contribution in [0, 0.1) is 0 Å². The summed E-state index contributed by atoms with van der Waals surface area (Å²) in [6, 6.07) is 0. The van der Waals surface area contributed by atoms with Crippen molar-refractivity contribution in [3.05, 3.63) is 0 Å². The van der Waals surface area contributed by atoms with Gasteiger partial charge < -0.3 is 14.2 Å². The Labute approximate surface area is 151 Å². The minimum Gasteiger partial charge on any atom is -0.462 e. The van der Waals surface area contributed by atoms with Crippen molar-refractivity contribution in [2.45, 2.75) is 91.1 Å². The van der Waals surface area contributed by atoms with E-state index in [-0.39, 0.29) is 31.1 Å². The number of carbonyl (C=O) groups is 3. The molecule has 0 aliphatic rings. The van der Waals surface area contributed by atoms with Crippen LogP contribution in [0.15, 0.2) is 0 Å². The summed E-state index contributed by atoms with van der Waals surface area (Å²) in [5.74, 6) is -1.04. The predicted molar refractivity (Wildman–Crippen MR) is 95.0 cm³/mol. The van der Waals surface area contributed by atoms with Crippen molar-refractivity contribution in [3.8, 4) is 0 Å². The molecular formula is C19H34O6. The molecule has 0 aliphatic heterocycles. The van der Waals surface area contributed by atoms with Crippen LogP contribution in [0.2, 0.25) is 0 Å². The molecule has 0 amide bonds. The van der Waals surface area contributed by atoms with Gasteiger partial charge >= 0.3 is 17.9 Å². The number of hydrogen-bond donors (Lipinski definition) is 0. The molecule has 0 aromatic carbocycles. The summed E-state index contributed by atoms with van der Waals surface area (Å²) in [6.45, 7) is 5.73. The van der Waals surface area contributed by atoms with Crippen LogP contribution in [-0.2, 0) is 28.6 Å². The lowest BCUT2D eigenvalue weighted by Gasteiger charge is -2.18. The average molecular weight is 358 g/mol. The number of rotatable bonds is 15. The molecule has 0 rings (SSSR count). The van der Waals surface area contributed by atoms with E-state index in [1.807, 2.05) is 13.8 Å². The highest BCUT2D eigenvalue weighted by Crippen LogP contribution is 2.08. The van der Waals surface area contributed by atoms with Gasteiger partial charge in [0, 0.05) is 19.3 Å². The Hall–Kier alpha value is -1.59. The van der Waals surface area contributed by atoms with E-state index in [1.54, 1.807) is 0 Å². The van der Waals surface area contributed by atoms with Gasteiger partial charge in [-0.3, -0.25) is 14.4 Å². The number of carbonyl (C=O) groups excluding carboxylic acids is 3. The Morgan fingerprint density at radius 2 is 1.16 bits per heavy atom. The average Bonchev–Trinajstić information content (AvgIpc) is 2.57.